The third-order valence-electron chi connectivity index (χ3n) is 5.54. The number of aromatic nitrogens is 4. The number of aliphatic hydroxyl groups is 1. The second kappa shape index (κ2) is 8.09. The van der Waals surface area contributed by atoms with E-state index in [2.05, 4.69) is 26.2 Å². The Hall–Kier alpha value is -3.00. The summed E-state index contributed by atoms with van der Waals surface area (Å²) in [4.78, 5) is 21.4. The molecule has 8 nitrogen and oxygen atoms in total. The Morgan fingerprint density at radius 3 is 2.76 bits per heavy atom. The highest BCUT2D eigenvalue weighted by atomic mass is 32.1. The standard InChI is InChI=1S/C23H21N5O3S2/c1-22(2,30)21-26-16(11-32-21)13-3-4-15-17(7-13)33-20(25-15)9-19-28-27-18(31-19)8-14(29)10-23(12-24)5-6-23/h3-4,7,11,30H,5-6,8-10H2,1-2H3. The molecule has 1 fully saturated rings. The average Bonchev–Trinajstić information content (AvgIpc) is 3.15. The maximum absolute atomic E-state index is 12.2. The number of carbonyl (C=O) groups is 1. The molecule has 0 radical (unpaired) electrons. The Balaban J connectivity index is 1.28. The molecule has 3 aromatic heterocycles. The van der Waals surface area contributed by atoms with E-state index in [1.54, 1.807) is 13.8 Å². The first-order valence-corrected chi connectivity index (χ1v) is 12.3. The Bertz CT molecular complexity index is 1380. The van der Waals surface area contributed by atoms with Crippen molar-refractivity contribution in [2.24, 2.45) is 5.41 Å². The van der Waals surface area contributed by atoms with Gasteiger partial charge in [0.25, 0.3) is 0 Å². The number of Topliss-reactive ketones (excluding diaryl/α,β-unsaturated/α-hetero) is 1. The van der Waals surface area contributed by atoms with Crippen LogP contribution in [0.4, 0.5) is 0 Å². The number of nitriles is 1. The summed E-state index contributed by atoms with van der Waals surface area (Å²) in [5.41, 5.74) is 1.23. The summed E-state index contributed by atoms with van der Waals surface area (Å²) >= 11 is 2.98. The summed E-state index contributed by atoms with van der Waals surface area (Å²) in [5.74, 6) is 0.637. The van der Waals surface area contributed by atoms with Crippen LogP contribution in [-0.2, 0) is 23.2 Å². The molecule has 10 heteroatoms. The van der Waals surface area contributed by atoms with Gasteiger partial charge in [0.1, 0.15) is 21.4 Å². The molecule has 0 aliphatic heterocycles. The third-order valence-corrected chi connectivity index (χ3v) is 7.72. The number of carbonyl (C=O) groups excluding carboxylic acids is 1. The molecule has 1 aliphatic carbocycles. The molecule has 0 unspecified atom stereocenters. The van der Waals surface area contributed by atoms with Crippen LogP contribution >= 0.6 is 22.7 Å². The van der Waals surface area contributed by atoms with Crippen molar-refractivity contribution in [2.45, 2.75) is 51.6 Å². The molecule has 3 heterocycles. The van der Waals surface area contributed by atoms with Crippen LogP contribution in [0.25, 0.3) is 21.5 Å². The van der Waals surface area contributed by atoms with Gasteiger partial charge in [-0.15, -0.1) is 32.9 Å². The van der Waals surface area contributed by atoms with E-state index >= 15 is 0 Å². The lowest BCUT2D eigenvalue weighted by molar-refractivity contribution is -0.119. The fourth-order valence-corrected chi connectivity index (χ4v) is 5.39. The average molecular weight is 480 g/mol. The number of hydrogen-bond acceptors (Lipinski definition) is 10. The van der Waals surface area contributed by atoms with Gasteiger partial charge >= 0.3 is 0 Å². The molecule has 0 spiro atoms. The van der Waals surface area contributed by atoms with Crippen LogP contribution < -0.4 is 0 Å². The lowest BCUT2D eigenvalue weighted by atomic mass is 10.00. The topological polar surface area (TPSA) is 126 Å². The van der Waals surface area contributed by atoms with Gasteiger partial charge in [0.05, 0.1) is 40.2 Å². The number of ketones is 1. The van der Waals surface area contributed by atoms with Crippen molar-refractivity contribution < 1.29 is 14.3 Å². The van der Waals surface area contributed by atoms with Crippen LogP contribution in [0.5, 0.6) is 0 Å². The SMILES string of the molecule is CC(C)(O)c1nc(-c2ccc3nc(Cc4nnc(CC(=O)CC5(C#N)CC5)o4)sc3c2)cs1. The van der Waals surface area contributed by atoms with Gasteiger partial charge in [-0.1, -0.05) is 6.07 Å². The largest absolute Gasteiger partial charge is 0.424 e. The molecule has 0 saturated heterocycles. The highest BCUT2D eigenvalue weighted by Gasteiger charge is 2.44. The van der Waals surface area contributed by atoms with Gasteiger partial charge in [-0.25, -0.2) is 9.97 Å². The van der Waals surface area contributed by atoms with Gasteiger partial charge in [-0.3, -0.25) is 4.79 Å². The fourth-order valence-electron chi connectivity index (χ4n) is 3.54. The van der Waals surface area contributed by atoms with Gasteiger partial charge < -0.3 is 9.52 Å². The molecule has 33 heavy (non-hydrogen) atoms. The number of thiazole rings is 2. The molecule has 0 amide bonds. The summed E-state index contributed by atoms with van der Waals surface area (Å²) in [6.07, 6.45) is 2.26. The van der Waals surface area contributed by atoms with E-state index in [4.69, 9.17) is 9.68 Å². The number of fused-ring (bicyclic) bond motifs is 1. The molecule has 4 aromatic rings. The van der Waals surface area contributed by atoms with E-state index in [1.165, 1.54) is 22.7 Å². The minimum absolute atomic E-state index is 0.0495. The second-order valence-corrected chi connectivity index (χ2v) is 10.9. The number of benzene rings is 1. The summed E-state index contributed by atoms with van der Waals surface area (Å²) in [6.45, 7) is 3.45. The summed E-state index contributed by atoms with van der Waals surface area (Å²) < 4.78 is 6.67. The summed E-state index contributed by atoms with van der Waals surface area (Å²) in [6, 6.07) is 8.20. The quantitative estimate of drug-likeness (QED) is 0.393. The zero-order valence-corrected chi connectivity index (χ0v) is 19.8. The molecule has 1 aliphatic rings. The van der Waals surface area contributed by atoms with E-state index < -0.39 is 11.0 Å². The van der Waals surface area contributed by atoms with Gasteiger partial charge in [0.2, 0.25) is 11.8 Å². The second-order valence-electron chi connectivity index (χ2n) is 8.94. The summed E-state index contributed by atoms with van der Waals surface area (Å²) in [5, 5.41) is 30.8. The molecule has 0 bridgehead atoms. The lowest BCUT2D eigenvalue weighted by Gasteiger charge is -2.12. The molecule has 1 saturated carbocycles. The van der Waals surface area contributed by atoms with Crippen LogP contribution in [0.2, 0.25) is 0 Å². The molecular weight excluding hydrogens is 458 g/mol. The molecular formula is C23H21N5O3S2. The van der Waals surface area contributed by atoms with E-state index in [-0.39, 0.29) is 24.5 Å². The normalized spacial score (nSPS) is 15.0. The lowest BCUT2D eigenvalue weighted by Crippen LogP contribution is -2.14. The Morgan fingerprint density at radius 1 is 1.27 bits per heavy atom. The first-order chi connectivity index (χ1) is 15.7. The molecule has 5 rings (SSSR count). The minimum atomic E-state index is -0.965. The van der Waals surface area contributed by atoms with Crippen molar-refractivity contribution in [1.29, 1.82) is 5.26 Å². The van der Waals surface area contributed by atoms with Crippen molar-refractivity contribution in [3.05, 3.63) is 45.4 Å². The van der Waals surface area contributed by atoms with Crippen molar-refractivity contribution in [3.8, 4) is 17.3 Å². The first-order valence-electron chi connectivity index (χ1n) is 10.6. The Labute approximate surface area is 198 Å². The smallest absolute Gasteiger partial charge is 0.223 e. The van der Waals surface area contributed by atoms with Crippen LogP contribution in [0, 0.1) is 16.7 Å². The van der Waals surface area contributed by atoms with E-state index in [0.717, 1.165) is 39.3 Å². The number of rotatable bonds is 8. The number of hydrogen-bond donors (Lipinski definition) is 1. The van der Waals surface area contributed by atoms with E-state index in [1.807, 2.05) is 23.6 Å². The van der Waals surface area contributed by atoms with Gasteiger partial charge in [-0.05, 0) is 38.8 Å². The summed E-state index contributed by atoms with van der Waals surface area (Å²) in [7, 11) is 0. The van der Waals surface area contributed by atoms with Crippen molar-refractivity contribution in [3.63, 3.8) is 0 Å². The van der Waals surface area contributed by atoms with Crippen molar-refractivity contribution in [2.75, 3.05) is 0 Å². The van der Waals surface area contributed by atoms with Crippen molar-refractivity contribution >= 4 is 38.7 Å². The van der Waals surface area contributed by atoms with Gasteiger partial charge in [0, 0.05) is 17.4 Å². The minimum Gasteiger partial charge on any atom is -0.424 e. The van der Waals surface area contributed by atoms with Crippen molar-refractivity contribution in [1.82, 2.24) is 20.2 Å². The fraction of sp³-hybridized carbons (Fsp3) is 0.391. The van der Waals surface area contributed by atoms with Crippen LogP contribution in [-0.4, -0.2) is 31.1 Å². The molecule has 1 aromatic carbocycles. The zero-order valence-electron chi connectivity index (χ0n) is 18.2. The first kappa shape index (κ1) is 21.8. The Morgan fingerprint density at radius 2 is 2.06 bits per heavy atom. The Kier molecular flexibility index (Phi) is 5.35. The van der Waals surface area contributed by atoms with Crippen LogP contribution in [0.15, 0.2) is 28.0 Å². The predicted molar refractivity (Wildman–Crippen MR) is 124 cm³/mol. The van der Waals surface area contributed by atoms with Gasteiger partial charge in [-0.2, -0.15) is 5.26 Å². The predicted octanol–water partition coefficient (Wildman–Crippen LogP) is 4.43. The highest BCUT2D eigenvalue weighted by Crippen LogP contribution is 2.48. The monoisotopic (exact) mass is 479 g/mol. The van der Waals surface area contributed by atoms with Gasteiger partial charge in [0.15, 0.2) is 0 Å². The third kappa shape index (κ3) is 4.71. The molecule has 168 valence electrons. The maximum Gasteiger partial charge on any atom is 0.223 e. The van der Waals surface area contributed by atoms with Crippen LogP contribution in [0.1, 0.15) is 54.9 Å². The molecule has 1 N–H and O–H groups in total. The maximum atomic E-state index is 12.2. The number of nitrogens with zero attached hydrogens (tertiary/aromatic N) is 5. The van der Waals surface area contributed by atoms with E-state index in [9.17, 15) is 9.90 Å². The zero-order chi connectivity index (χ0) is 23.2. The highest BCUT2D eigenvalue weighted by molar-refractivity contribution is 7.18. The van der Waals surface area contributed by atoms with E-state index in [0.29, 0.717) is 17.3 Å². The van der Waals surface area contributed by atoms with Crippen LogP contribution in [0.3, 0.4) is 0 Å². The molecule has 0 atom stereocenters.